The molecule has 0 radical (unpaired) electrons. The van der Waals surface area contributed by atoms with Crippen LogP contribution in [0, 0.1) is 6.92 Å². The third-order valence-corrected chi connectivity index (χ3v) is 2.60. The molecule has 0 bridgehead atoms. The van der Waals surface area contributed by atoms with Crippen molar-refractivity contribution >= 4 is 5.78 Å². The third-order valence-electron chi connectivity index (χ3n) is 2.60. The summed E-state index contributed by atoms with van der Waals surface area (Å²) in [7, 11) is 0. The molecular weight excluding hydrogens is 212 g/mol. The van der Waals surface area contributed by atoms with Crippen LogP contribution in [0.25, 0.3) is 0 Å². The van der Waals surface area contributed by atoms with Gasteiger partial charge in [-0.05, 0) is 37.1 Å². The first-order valence-electron chi connectivity index (χ1n) is 5.60. The Morgan fingerprint density at radius 2 is 2.12 bits per heavy atom. The Bertz CT molecular complexity index is 491. The van der Waals surface area contributed by atoms with Gasteiger partial charge in [-0.2, -0.15) is 0 Å². The Labute approximate surface area is 101 Å². The Morgan fingerprint density at radius 3 is 2.76 bits per heavy atom. The largest absolute Gasteiger partial charge is 0.294 e. The van der Waals surface area contributed by atoms with Gasteiger partial charge in [0.1, 0.15) is 0 Å². The van der Waals surface area contributed by atoms with E-state index >= 15 is 0 Å². The van der Waals surface area contributed by atoms with Gasteiger partial charge in [0.25, 0.3) is 0 Å². The molecule has 2 aromatic rings. The number of pyridine rings is 2. The van der Waals surface area contributed by atoms with E-state index in [0.717, 1.165) is 17.7 Å². The first-order chi connectivity index (χ1) is 8.25. The van der Waals surface area contributed by atoms with Crippen LogP contribution < -0.4 is 0 Å². The van der Waals surface area contributed by atoms with Crippen molar-refractivity contribution in [2.24, 2.45) is 0 Å². The Balaban J connectivity index is 1.96. The van der Waals surface area contributed by atoms with Crippen molar-refractivity contribution in [1.29, 1.82) is 0 Å². The lowest BCUT2D eigenvalue weighted by atomic mass is 10.1. The molecule has 0 aromatic carbocycles. The molecule has 3 nitrogen and oxygen atoms in total. The van der Waals surface area contributed by atoms with E-state index in [-0.39, 0.29) is 5.78 Å². The second kappa shape index (κ2) is 5.34. The van der Waals surface area contributed by atoms with Gasteiger partial charge in [-0.3, -0.25) is 14.8 Å². The molecular formula is C14H14N2O. The number of aryl methyl sites for hydroxylation is 2. The molecule has 17 heavy (non-hydrogen) atoms. The van der Waals surface area contributed by atoms with Crippen molar-refractivity contribution in [3.05, 3.63) is 59.7 Å². The van der Waals surface area contributed by atoms with E-state index in [0.29, 0.717) is 12.0 Å². The van der Waals surface area contributed by atoms with Crippen LogP contribution in [0.2, 0.25) is 0 Å². The minimum absolute atomic E-state index is 0.126. The van der Waals surface area contributed by atoms with E-state index in [1.54, 1.807) is 18.6 Å². The molecule has 2 heterocycles. The molecule has 0 spiro atoms. The average molecular weight is 226 g/mol. The summed E-state index contributed by atoms with van der Waals surface area (Å²) in [4.78, 5) is 20.0. The first kappa shape index (κ1) is 11.5. The van der Waals surface area contributed by atoms with Crippen molar-refractivity contribution in [3.63, 3.8) is 0 Å². The zero-order valence-electron chi connectivity index (χ0n) is 9.76. The smallest absolute Gasteiger partial charge is 0.164 e. The molecule has 0 fully saturated rings. The summed E-state index contributed by atoms with van der Waals surface area (Å²) in [5, 5.41) is 0. The van der Waals surface area contributed by atoms with Crippen LogP contribution in [-0.2, 0) is 6.42 Å². The number of nitrogens with zero attached hydrogens (tertiary/aromatic N) is 2. The molecule has 0 aliphatic rings. The van der Waals surface area contributed by atoms with E-state index < -0.39 is 0 Å². The summed E-state index contributed by atoms with van der Waals surface area (Å²) < 4.78 is 0. The summed E-state index contributed by atoms with van der Waals surface area (Å²) in [6.07, 6.45) is 6.38. The zero-order chi connectivity index (χ0) is 12.1. The van der Waals surface area contributed by atoms with Gasteiger partial charge in [0.2, 0.25) is 0 Å². The molecule has 0 unspecified atom stereocenters. The number of hydrogen-bond acceptors (Lipinski definition) is 3. The van der Waals surface area contributed by atoms with E-state index in [4.69, 9.17) is 0 Å². The summed E-state index contributed by atoms with van der Waals surface area (Å²) in [6, 6.07) is 7.55. The van der Waals surface area contributed by atoms with Gasteiger partial charge in [-0.15, -0.1) is 0 Å². The average Bonchev–Trinajstić information content (AvgIpc) is 2.38. The van der Waals surface area contributed by atoms with Crippen LogP contribution in [-0.4, -0.2) is 15.8 Å². The molecule has 0 atom stereocenters. The van der Waals surface area contributed by atoms with Crippen LogP contribution in [0.15, 0.2) is 42.9 Å². The zero-order valence-corrected chi connectivity index (χ0v) is 9.76. The Hall–Kier alpha value is -2.03. The second-order valence-electron chi connectivity index (χ2n) is 3.97. The van der Waals surface area contributed by atoms with Crippen LogP contribution in [0.3, 0.4) is 0 Å². The van der Waals surface area contributed by atoms with Crippen molar-refractivity contribution in [2.75, 3.05) is 0 Å². The highest BCUT2D eigenvalue weighted by atomic mass is 16.1. The number of aromatic nitrogens is 2. The molecule has 0 aliphatic carbocycles. The van der Waals surface area contributed by atoms with Gasteiger partial charge in [0.15, 0.2) is 5.78 Å². The Kier molecular flexibility index (Phi) is 3.60. The van der Waals surface area contributed by atoms with Crippen molar-refractivity contribution in [2.45, 2.75) is 19.8 Å². The lowest BCUT2D eigenvalue weighted by molar-refractivity contribution is 0.0982. The highest BCUT2D eigenvalue weighted by molar-refractivity contribution is 5.95. The maximum absolute atomic E-state index is 11.9. The van der Waals surface area contributed by atoms with E-state index in [1.165, 1.54) is 0 Å². The minimum atomic E-state index is 0.126. The minimum Gasteiger partial charge on any atom is -0.294 e. The van der Waals surface area contributed by atoms with Gasteiger partial charge in [0, 0.05) is 36.3 Å². The van der Waals surface area contributed by atoms with Gasteiger partial charge in [-0.1, -0.05) is 6.07 Å². The molecule has 3 heteroatoms. The number of Topliss-reactive ketones (excluding diaryl/α,β-unsaturated/α-hetero) is 1. The quantitative estimate of drug-likeness (QED) is 0.752. The van der Waals surface area contributed by atoms with E-state index in [2.05, 4.69) is 9.97 Å². The third kappa shape index (κ3) is 3.21. The highest BCUT2D eigenvalue weighted by Gasteiger charge is 2.06. The number of ketones is 1. The standard InChI is InChI=1S/C14H14N2O/c1-11-4-6-13(10-16-11)14(17)7-5-12-3-2-8-15-9-12/h2-4,6,8-10H,5,7H2,1H3. The van der Waals surface area contributed by atoms with Gasteiger partial charge >= 0.3 is 0 Å². The SMILES string of the molecule is Cc1ccc(C(=O)CCc2cccnc2)cn1. The molecule has 0 aliphatic heterocycles. The normalized spacial score (nSPS) is 10.2. The van der Waals surface area contributed by atoms with Gasteiger partial charge in [-0.25, -0.2) is 0 Å². The monoisotopic (exact) mass is 226 g/mol. The summed E-state index contributed by atoms with van der Waals surface area (Å²) in [6.45, 7) is 1.91. The fraction of sp³-hybridized carbons (Fsp3) is 0.214. The highest BCUT2D eigenvalue weighted by Crippen LogP contribution is 2.07. The maximum atomic E-state index is 11.9. The van der Waals surface area contributed by atoms with Crippen molar-refractivity contribution in [1.82, 2.24) is 9.97 Å². The molecule has 0 N–H and O–H groups in total. The van der Waals surface area contributed by atoms with E-state index in [9.17, 15) is 4.79 Å². The Morgan fingerprint density at radius 1 is 1.24 bits per heavy atom. The molecule has 0 amide bonds. The summed E-state index contributed by atoms with van der Waals surface area (Å²) in [5.74, 6) is 0.126. The van der Waals surface area contributed by atoms with Gasteiger partial charge in [0.05, 0.1) is 0 Å². The summed E-state index contributed by atoms with van der Waals surface area (Å²) >= 11 is 0. The molecule has 2 aromatic heterocycles. The second-order valence-corrected chi connectivity index (χ2v) is 3.97. The number of rotatable bonds is 4. The maximum Gasteiger partial charge on any atom is 0.164 e. The molecule has 0 saturated heterocycles. The van der Waals surface area contributed by atoms with Crippen molar-refractivity contribution in [3.8, 4) is 0 Å². The molecule has 2 rings (SSSR count). The van der Waals surface area contributed by atoms with Crippen LogP contribution in [0.5, 0.6) is 0 Å². The van der Waals surface area contributed by atoms with Crippen LogP contribution in [0.1, 0.15) is 28.0 Å². The van der Waals surface area contributed by atoms with E-state index in [1.807, 2.05) is 31.2 Å². The fourth-order valence-electron chi connectivity index (χ4n) is 1.58. The predicted octanol–water partition coefficient (Wildman–Crippen LogP) is 2.60. The number of carbonyl (C=O) groups is 1. The predicted molar refractivity (Wildman–Crippen MR) is 65.9 cm³/mol. The molecule has 0 saturated carbocycles. The van der Waals surface area contributed by atoms with Crippen LogP contribution in [0.4, 0.5) is 0 Å². The lowest BCUT2D eigenvalue weighted by Gasteiger charge is -2.01. The number of hydrogen-bond donors (Lipinski definition) is 0. The lowest BCUT2D eigenvalue weighted by Crippen LogP contribution is -2.02. The van der Waals surface area contributed by atoms with Crippen molar-refractivity contribution < 1.29 is 4.79 Å². The summed E-state index contributed by atoms with van der Waals surface area (Å²) in [5.41, 5.74) is 2.69. The topological polar surface area (TPSA) is 42.9 Å². The van der Waals surface area contributed by atoms with Gasteiger partial charge < -0.3 is 0 Å². The number of carbonyl (C=O) groups excluding carboxylic acids is 1. The fourth-order valence-corrected chi connectivity index (χ4v) is 1.58. The molecule has 86 valence electrons. The van der Waals surface area contributed by atoms with Crippen LogP contribution >= 0.6 is 0 Å². The first-order valence-corrected chi connectivity index (χ1v) is 5.60.